The normalized spacial score (nSPS) is 10.8. The van der Waals surface area contributed by atoms with Gasteiger partial charge in [-0.25, -0.2) is 0 Å². The molecule has 21 heavy (non-hydrogen) atoms. The number of hydrogen-bond donors (Lipinski definition) is 2. The number of benzene rings is 1. The molecule has 2 rings (SSSR count). The average Bonchev–Trinajstić information content (AvgIpc) is 2.94. The summed E-state index contributed by atoms with van der Waals surface area (Å²) in [6, 6.07) is 10.9. The van der Waals surface area contributed by atoms with Crippen LogP contribution in [0.15, 0.2) is 36.4 Å². The van der Waals surface area contributed by atoms with Crippen molar-refractivity contribution < 1.29 is 4.79 Å². The zero-order chi connectivity index (χ0) is 15.2. The van der Waals surface area contributed by atoms with Crippen molar-refractivity contribution in [2.24, 2.45) is 0 Å². The first kappa shape index (κ1) is 14.5. The van der Waals surface area contributed by atoms with Crippen LogP contribution in [0.3, 0.4) is 0 Å². The van der Waals surface area contributed by atoms with Crippen LogP contribution in [-0.4, -0.2) is 16.1 Å². The fourth-order valence-corrected chi connectivity index (χ4v) is 1.70. The number of amides is 1. The summed E-state index contributed by atoms with van der Waals surface area (Å²) in [5, 5.41) is 18.3. The van der Waals surface area contributed by atoms with Crippen molar-refractivity contribution in [2.75, 3.05) is 5.32 Å². The van der Waals surface area contributed by atoms with Gasteiger partial charge in [0.15, 0.2) is 5.82 Å². The molecule has 1 amide bonds. The lowest BCUT2D eigenvalue weighted by molar-refractivity contribution is -0.111. The number of H-pyrrole nitrogens is 1. The average molecular weight is 280 g/mol. The molecule has 0 aliphatic heterocycles. The third-order valence-corrected chi connectivity index (χ3v) is 2.94. The fraction of sp³-hybridized carbons (Fsp3) is 0.188. The second-order valence-electron chi connectivity index (χ2n) is 4.92. The predicted octanol–water partition coefficient (Wildman–Crippen LogP) is 3.06. The first-order chi connectivity index (χ1) is 10.1. The minimum atomic E-state index is -0.249. The topological polar surface area (TPSA) is 81.6 Å². The van der Waals surface area contributed by atoms with Crippen LogP contribution in [0, 0.1) is 11.3 Å². The molecule has 5 nitrogen and oxygen atoms in total. The molecule has 0 saturated carbocycles. The van der Waals surface area contributed by atoms with Gasteiger partial charge in [0, 0.05) is 17.8 Å². The van der Waals surface area contributed by atoms with Gasteiger partial charge in [-0.15, -0.1) is 0 Å². The number of carbonyl (C=O) groups excluding carboxylic acids is 1. The van der Waals surface area contributed by atoms with E-state index >= 15 is 0 Å². The van der Waals surface area contributed by atoms with Crippen molar-refractivity contribution in [3.63, 3.8) is 0 Å². The molecule has 1 heterocycles. The molecule has 0 atom stereocenters. The summed E-state index contributed by atoms with van der Waals surface area (Å²) in [6.45, 7) is 4.09. The molecule has 0 bridgehead atoms. The summed E-state index contributed by atoms with van der Waals surface area (Å²) in [7, 11) is 0. The van der Waals surface area contributed by atoms with Crippen LogP contribution in [0.5, 0.6) is 0 Å². The Kier molecular flexibility index (Phi) is 4.52. The zero-order valence-corrected chi connectivity index (χ0v) is 11.9. The van der Waals surface area contributed by atoms with Crippen LogP contribution in [-0.2, 0) is 4.79 Å². The van der Waals surface area contributed by atoms with Gasteiger partial charge < -0.3 is 5.32 Å². The molecule has 106 valence electrons. The smallest absolute Gasteiger partial charge is 0.249 e. The van der Waals surface area contributed by atoms with E-state index in [0.717, 1.165) is 11.3 Å². The van der Waals surface area contributed by atoms with E-state index in [0.29, 0.717) is 17.3 Å². The van der Waals surface area contributed by atoms with Crippen LogP contribution >= 0.6 is 0 Å². The van der Waals surface area contributed by atoms with Gasteiger partial charge >= 0.3 is 0 Å². The summed E-state index contributed by atoms with van der Waals surface area (Å²) in [4.78, 5) is 11.8. The second kappa shape index (κ2) is 6.53. The zero-order valence-electron chi connectivity index (χ0n) is 11.9. The van der Waals surface area contributed by atoms with E-state index in [2.05, 4.69) is 15.5 Å². The van der Waals surface area contributed by atoms with Crippen molar-refractivity contribution in [1.82, 2.24) is 10.2 Å². The quantitative estimate of drug-likeness (QED) is 0.844. The number of nitriles is 1. The monoisotopic (exact) mass is 280 g/mol. The molecular formula is C16H16N4O. The molecule has 0 fully saturated rings. The minimum Gasteiger partial charge on any atom is -0.306 e. The highest BCUT2D eigenvalue weighted by molar-refractivity contribution is 6.01. The highest BCUT2D eigenvalue weighted by Crippen LogP contribution is 2.14. The third-order valence-electron chi connectivity index (χ3n) is 2.94. The summed E-state index contributed by atoms with van der Waals surface area (Å²) < 4.78 is 0. The van der Waals surface area contributed by atoms with Crippen LogP contribution in [0.1, 0.15) is 36.6 Å². The van der Waals surface area contributed by atoms with Gasteiger partial charge in [-0.1, -0.05) is 26.0 Å². The molecule has 0 spiro atoms. The number of carbonyl (C=O) groups is 1. The van der Waals surface area contributed by atoms with Crippen molar-refractivity contribution in [2.45, 2.75) is 19.8 Å². The Morgan fingerprint density at radius 3 is 2.67 bits per heavy atom. The van der Waals surface area contributed by atoms with Gasteiger partial charge in [0.2, 0.25) is 5.91 Å². The molecule has 0 unspecified atom stereocenters. The SMILES string of the molecule is CC(C)c1cc(NC(=O)/C=C/c2ccc(C#N)cc2)n[nH]1. The molecule has 0 aliphatic rings. The Morgan fingerprint density at radius 1 is 1.38 bits per heavy atom. The lowest BCUT2D eigenvalue weighted by Gasteiger charge is -1.97. The molecule has 0 radical (unpaired) electrons. The molecule has 0 aliphatic carbocycles. The Balaban J connectivity index is 1.96. The van der Waals surface area contributed by atoms with E-state index in [1.54, 1.807) is 30.3 Å². The van der Waals surface area contributed by atoms with Crippen LogP contribution in [0.4, 0.5) is 5.82 Å². The Hall–Kier alpha value is -2.87. The lowest BCUT2D eigenvalue weighted by atomic mass is 10.1. The van der Waals surface area contributed by atoms with Gasteiger partial charge in [0.25, 0.3) is 0 Å². The number of nitrogens with zero attached hydrogens (tertiary/aromatic N) is 2. The third kappa shape index (κ3) is 4.05. The molecular weight excluding hydrogens is 264 g/mol. The number of nitrogens with one attached hydrogen (secondary N) is 2. The first-order valence-corrected chi connectivity index (χ1v) is 6.63. The predicted molar refractivity (Wildman–Crippen MR) is 81.5 cm³/mol. The van der Waals surface area contributed by atoms with Crippen molar-refractivity contribution in [3.8, 4) is 6.07 Å². The van der Waals surface area contributed by atoms with E-state index in [9.17, 15) is 4.79 Å². The Morgan fingerprint density at radius 2 is 2.10 bits per heavy atom. The van der Waals surface area contributed by atoms with Gasteiger partial charge in [-0.05, 0) is 29.7 Å². The molecule has 1 aromatic carbocycles. The van der Waals surface area contributed by atoms with E-state index in [1.165, 1.54) is 6.08 Å². The van der Waals surface area contributed by atoms with Gasteiger partial charge in [-0.2, -0.15) is 10.4 Å². The van der Waals surface area contributed by atoms with Gasteiger partial charge in [0.1, 0.15) is 0 Å². The van der Waals surface area contributed by atoms with Crippen LogP contribution in [0.25, 0.3) is 6.08 Å². The van der Waals surface area contributed by atoms with Crippen LogP contribution < -0.4 is 5.32 Å². The highest BCUT2D eigenvalue weighted by Gasteiger charge is 2.06. The number of aromatic amines is 1. The van der Waals surface area contributed by atoms with Gasteiger partial charge in [0.05, 0.1) is 11.6 Å². The highest BCUT2D eigenvalue weighted by atomic mass is 16.1. The van der Waals surface area contributed by atoms with E-state index in [-0.39, 0.29) is 5.91 Å². The summed E-state index contributed by atoms with van der Waals surface area (Å²) in [6.07, 6.45) is 3.12. The van der Waals surface area contributed by atoms with E-state index in [4.69, 9.17) is 5.26 Å². The largest absolute Gasteiger partial charge is 0.306 e. The van der Waals surface area contributed by atoms with E-state index in [1.807, 2.05) is 26.0 Å². The molecule has 2 N–H and O–H groups in total. The standard InChI is InChI=1S/C16H16N4O/c1-11(2)14-9-15(20-19-14)18-16(21)8-7-12-3-5-13(10-17)6-4-12/h3-9,11H,1-2H3,(H2,18,19,20,21)/b8-7+. The number of rotatable bonds is 4. The second-order valence-corrected chi connectivity index (χ2v) is 4.92. The first-order valence-electron chi connectivity index (χ1n) is 6.63. The summed E-state index contributed by atoms with van der Waals surface area (Å²) in [5.74, 6) is 0.590. The van der Waals surface area contributed by atoms with Crippen molar-refractivity contribution >= 4 is 17.8 Å². The molecule has 1 aromatic heterocycles. The maximum Gasteiger partial charge on any atom is 0.249 e. The molecule has 0 saturated heterocycles. The van der Waals surface area contributed by atoms with Crippen LogP contribution in [0.2, 0.25) is 0 Å². The minimum absolute atomic E-state index is 0.249. The van der Waals surface area contributed by atoms with Crippen molar-refractivity contribution in [3.05, 3.63) is 53.2 Å². The number of hydrogen-bond acceptors (Lipinski definition) is 3. The lowest BCUT2D eigenvalue weighted by Crippen LogP contribution is -2.07. The fourth-order valence-electron chi connectivity index (χ4n) is 1.70. The van der Waals surface area contributed by atoms with E-state index < -0.39 is 0 Å². The number of aromatic nitrogens is 2. The molecule has 5 heteroatoms. The Bertz CT molecular complexity index is 690. The summed E-state index contributed by atoms with van der Waals surface area (Å²) in [5.41, 5.74) is 2.42. The van der Waals surface area contributed by atoms with Gasteiger partial charge in [-0.3, -0.25) is 9.89 Å². The maximum absolute atomic E-state index is 11.8. The Labute approximate surface area is 123 Å². The summed E-state index contributed by atoms with van der Waals surface area (Å²) >= 11 is 0. The van der Waals surface area contributed by atoms with Crippen molar-refractivity contribution in [1.29, 1.82) is 5.26 Å². The number of anilines is 1. The maximum atomic E-state index is 11.8. The molecule has 2 aromatic rings.